The maximum atomic E-state index is 12.9. The second-order valence-corrected chi connectivity index (χ2v) is 21.6. The lowest BCUT2D eigenvalue weighted by Crippen LogP contribution is -2.30. The van der Waals surface area contributed by atoms with Crippen LogP contribution in [0.3, 0.4) is 0 Å². The molecular weight excluding hydrogens is 949 g/mol. The van der Waals surface area contributed by atoms with E-state index in [1.807, 2.05) is 0 Å². The topological polar surface area (TPSA) is 78.9 Å². The van der Waals surface area contributed by atoms with Crippen molar-refractivity contribution in [2.45, 2.75) is 322 Å². The number of carbonyl (C=O) groups excluding carboxylic acids is 3. The summed E-state index contributed by atoms with van der Waals surface area (Å²) in [4.78, 5) is 38.4. The Morgan fingerprint density at radius 2 is 0.506 bits per heavy atom. The molecule has 0 radical (unpaired) electrons. The lowest BCUT2D eigenvalue weighted by atomic mass is 10.1. The van der Waals surface area contributed by atoms with Gasteiger partial charge in [-0.25, -0.2) is 0 Å². The Labute approximate surface area is 477 Å². The van der Waals surface area contributed by atoms with Crippen molar-refractivity contribution in [3.63, 3.8) is 0 Å². The SMILES string of the molecule is CC/C=C\C/C=C\C/C=C\C/C=C\CCCCCCCCCCC(=O)OCC(COC(=O)CCCCCCCCCCC/C=C\C/C=C\CCCCC)OC(=O)CCCCCCCCCCC/C=C\C/C=C\CCCCC. The van der Waals surface area contributed by atoms with Crippen LogP contribution in [-0.4, -0.2) is 37.2 Å². The number of allylic oxidation sites excluding steroid dienone is 16. The van der Waals surface area contributed by atoms with Crippen LogP contribution in [0.25, 0.3) is 0 Å². The maximum Gasteiger partial charge on any atom is 0.306 e. The molecule has 0 spiro atoms. The molecule has 0 aromatic carbocycles. The second-order valence-electron chi connectivity index (χ2n) is 21.6. The van der Waals surface area contributed by atoms with E-state index in [2.05, 4.69) is 118 Å². The highest BCUT2D eigenvalue weighted by Gasteiger charge is 2.19. The number of carbonyl (C=O) groups is 3. The summed E-state index contributed by atoms with van der Waals surface area (Å²) < 4.78 is 17.0. The van der Waals surface area contributed by atoms with Gasteiger partial charge in [0.25, 0.3) is 0 Å². The monoisotopic (exact) mass is 1070 g/mol. The third-order valence-corrected chi connectivity index (χ3v) is 14.0. The van der Waals surface area contributed by atoms with E-state index in [0.29, 0.717) is 19.3 Å². The first-order chi connectivity index (χ1) is 38.0. The molecule has 6 nitrogen and oxygen atoms in total. The van der Waals surface area contributed by atoms with Gasteiger partial charge in [-0.1, -0.05) is 272 Å². The van der Waals surface area contributed by atoms with E-state index in [1.165, 1.54) is 173 Å². The molecule has 0 saturated heterocycles. The van der Waals surface area contributed by atoms with Crippen LogP contribution in [0, 0.1) is 0 Å². The summed E-state index contributed by atoms with van der Waals surface area (Å²) in [7, 11) is 0. The summed E-state index contributed by atoms with van der Waals surface area (Å²) in [6, 6.07) is 0. The Morgan fingerprint density at radius 3 is 0.792 bits per heavy atom. The first-order valence-electron chi connectivity index (χ1n) is 32.7. The Morgan fingerprint density at radius 1 is 0.273 bits per heavy atom. The standard InChI is InChI=1S/C71H122O6/c1-4-7-10-13-16-19-22-25-28-31-34-35-38-40-43-46-49-52-55-58-61-64-70(73)76-67-68(77-71(74)65-62-59-56-53-50-47-44-41-37-33-30-27-24-21-18-15-12-9-6-3)66-75-69(72)63-60-57-54-51-48-45-42-39-36-32-29-26-23-20-17-14-11-8-5-2/h7,10,16-21,25-30,34-35,68H,4-6,8-9,11-15,22-24,31-33,36-67H2,1-3H3/b10-7-,19-16-,20-17-,21-18-,28-25-,29-26-,30-27-,35-34-. The molecule has 6 heteroatoms. The summed E-state index contributed by atoms with van der Waals surface area (Å²) in [5.41, 5.74) is 0. The van der Waals surface area contributed by atoms with E-state index in [9.17, 15) is 14.4 Å². The molecule has 0 aliphatic heterocycles. The lowest BCUT2D eigenvalue weighted by molar-refractivity contribution is -0.167. The molecule has 0 amide bonds. The first-order valence-corrected chi connectivity index (χ1v) is 32.7. The largest absolute Gasteiger partial charge is 0.462 e. The van der Waals surface area contributed by atoms with Crippen molar-refractivity contribution in [2.24, 2.45) is 0 Å². The third kappa shape index (κ3) is 63.0. The fraction of sp³-hybridized carbons (Fsp3) is 0.732. The molecule has 0 saturated carbocycles. The van der Waals surface area contributed by atoms with Crippen molar-refractivity contribution in [2.75, 3.05) is 13.2 Å². The van der Waals surface area contributed by atoms with Crippen LogP contribution in [0.15, 0.2) is 97.2 Å². The van der Waals surface area contributed by atoms with Gasteiger partial charge in [-0.05, 0) is 122 Å². The summed E-state index contributed by atoms with van der Waals surface area (Å²) in [5, 5.41) is 0. The zero-order valence-corrected chi connectivity index (χ0v) is 50.7. The van der Waals surface area contributed by atoms with Gasteiger partial charge in [0.2, 0.25) is 0 Å². The van der Waals surface area contributed by atoms with Crippen molar-refractivity contribution >= 4 is 17.9 Å². The van der Waals surface area contributed by atoms with Gasteiger partial charge < -0.3 is 14.2 Å². The average molecular weight is 1070 g/mol. The molecule has 1 atom stereocenters. The van der Waals surface area contributed by atoms with E-state index in [1.54, 1.807) is 0 Å². The van der Waals surface area contributed by atoms with Gasteiger partial charge in [0.1, 0.15) is 13.2 Å². The highest BCUT2D eigenvalue weighted by molar-refractivity contribution is 5.71. The van der Waals surface area contributed by atoms with Gasteiger partial charge in [-0.3, -0.25) is 14.4 Å². The third-order valence-electron chi connectivity index (χ3n) is 14.0. The highest BCUT2D eigenvalue weighted by atomic mass is 16.6. The first kappa shape index (κ1) is 73.3. The van der Waals surface area contributed by atoms with Crippen molar-refractivity contribution in [1.29, 1.82) is 0 Å². The molecule has 0 heterocycles. The molecule has 0 aliphatic rings. The summed E-state index contributed by atoms with van der Waals surface area (Å²) >= 11 is 0. The molecule has 0 aliphatic carbocycles. The van der Waals surface area contributed by atoms with Crippen LogP contribution in [0.5, 0.6) is 0 Å². The van der Waals surface area contributed by atoms with Crippen molar-refractivity contribution < 1.29 is 28.6 Å². The van der Waals surface area contributed by atoms with Crippen molar-refractivity contribution in [3.05, 3.63) is 97.2 Å². The Hall–Kier alpha value is -3.67. The zero-order valence-electron chi connectivity index (χ0n) is 50.7. The van der Waals surface area contributed by atoms with Crippen LogP contribution in [0.4, 0.5) is 0 Å². The average Bonchev–Trinajstić information content (AvgIpc) is 3.43. The summed E-state index contributed by atoms with van der Waals surface area (Å²) in [6.07, 6.45) is 86.9. The van der Waals surface area contributed by atoms with Gasteiger partial charge in [0.05, 0.1) is 0 Å². The zero-order chi connectivity index (χ0) is 55.7. The van der Waals surface area contributed by atoms with Gasteiger partial charge >= 0.3 is 17.9 Å². The maximum absolute atomic E-state index is 12.9. The molecule has 0 aromatic rings. The normalized spacial score (nSPS) is 12.7. The Kier molecular flexibility index (Phi) is 61.8. The lowest BCUT2D eigenvalue weighted by Gasteiger charge is -2.18. The quantitative estimate of drug-likeness (QED) is 0.0261. The fourth-order valence-corrected chi connectivity index (χ4v) is 9.14. The van der Waals surface area contributed by atoms with Crippen LogP contribution in [-0.2, 0) is 28.6 Å². The predicted molar refractivity (Wildman–Crippen MR) is 334 cm³/mol. The van der Waals surface area contributed by atoms with Crippen LogP contribution >= 0.6 is 0 Å². The van der Waals surface area contributed by atoms with Crippen LogP contribution in [0.1, 0.15) is 316 Å². The number of hydrogen-bond donors (Lipinski definition) is 0. The molecule has 0 fully saturated rings. The second kappa shape index (κ2) is 64.9. The minimum absolute atomic E-state index is 0.0832. The number of hydrogen-bond acceptors (Lipinski definition) is 6. The predicted octanol–water partition coefficient (Wildman–Crippen LogP) is 22.4. The molecule has 442 valence electrons. The van der Waals surface area contributed by atoms with Crippen LogP contribution < -0.4 is 0 Å². The molecular formula is C71H122O6. The van der Waals surface area contributed by atoms with Crippen molar-refractivity contribution in [1.82, 2.24) is 0 Å². The van der Waals surface area contributed by atoms with E-state index in [4.69, 9.17) is 14.2 Å². The summed E-state index contributed by atoms with van der Waals surface area (Å²) in [5.74, 6) is -0.888. The Bertz CT molecular complexity index is 1510. The number of unbranched alkanes of at least 4 members (excludes halogenated alkanes) is 32. The molecule has 0 N–H and O–H groups in total. The molecule has 0 rings (SSSR count). The number of esters is 3. The van der Waals surface area contributed by atoms with E-state index in [-0.39, 0.29) is 31.1 Å². The van der Waals surface area contributed by atoms with E-state index >= 15 is 0 Å². The van der Waals surface area contributed by atoms with E-state index in [0.717, 1.165) is 103 Å². The molecule has 0 bridgehead atoms. The Balaban J connectivity index is 4.40. The van der Waals surface area contributed by atoms with Gasteiger partial charge in [0, 0.05) is 19.3 Å². The minimum Gasteiger partial charge on any atom is -0.462 e. The van der Waals surface area contributed by atoms with Gasteiger partial charge in [-0.2, -0.15) is 0 Å². The van der Waals surface area contributed by atoms with Gasteiger partial charge in [-0.15, -0.1) is 0 Å². The highest BCUT2D eigenvalue weighted by Crippen LogP contribution is 2.16. The van der Waals surface area contributed by atoms with Crippen LogP contribution in [0.2, 0.25) is 0 Å². The number of rotatable bonds is 59. The van der Waals surface area contributed by atoms with Gasteiger partial charge in [0.15, 0.2) is 6.10 Å². The van der Waals surface area contributed by atoms with E-state index < -0.39 is 6.10 Å². The molecule has 0 aromatic heterocycles. The fourth-order valence-electron chi connectivity index (χ4n) is 9.14. The minimum atomic E-state index is -0.788. The molecule has 77 heavy (non-hydrogen) atoms. The summed E-state index contributed by atoms with van der Waals surface area (Å²) in [6.45, 7) is 6.50. The molecule has 1 unspecified atom stereocenters. The van der Waals surface area contributed by atoms with Crippen molar-refractivity contribution in [3.8, 4) is 0 Å². The smallest absolute Gasteiger partial charge is 0.306 e. The number of ether oxygens (including phenoxy) is 3.